The number of aryl methyl sites for hydroxylation is 1. The third-order valence-electron chi connectivity index (χ3n) is 10.6. The van der Waals surface area contributed by atoms with Crippen molar-refractivity contribution in [1.82, 2.24) is 15.0 Å². The first-order valence-electron chi connectivity index (χ1n) is 17.7. The van der Waals surface area contributed by atoms with Crippen LogP contribution in [0.4, 0.5) is 0 Å². The molecule has 51 heavy (non-hydrogen) atoms. The Hall–Kier alpha value is -6.45. The van der Waals surface area contributed by atoms with Gasteiger partial charge in [-0.05, 0) is 80.3 Å². The zero-order chi connectivity index (χ0) is 33.8. The van der Waals surface area contributed by atoms with Crippen molar-refractivity contribution in [3.8, 4) is 45.3 Å². The van der Waals surface area contributed by atoms with E-state index in [4.69, 9.17) is 15.0 Å². The van der Waals surface area contributed by atoms with Gasteiger partial charge in [0.15, 0.2) is 17.5 Å². The Morgan fingerprint density at radius 1 is 0.471 bits per heavy atom. The Morgan fingerprint density at radius 3 is 1.65 bits per heavy atom. The van der Waals surface area contributed by atoms with Gasteiger partial charge in [0.1, 0.15) is 0 Å². The second-order valence-electron chi connectivity index (χ2n) is 13.5. The topological polar surface area (TPSA) is 38.7 Å². The molecule has 0 saturated heterocycles. The number of hydrogen-bond acceptors (Lipinski definition) is 3. The molecular weight excluding hydrogens is 619 g/mol. The van der Waals surface area contributed by atoms with Crippen molar-refractivity contribution >= 4 is 16.8 Å². The minimum Gasteiger partial charge on any atom is -0.208 e. The molecule has 10 rings (SSSR count). The van der Waals surface area contributed by atoms with Gasteiger partial charge in [-0.2, -0.15) is 0 Å². The summed E-state index contributed by atoms with van der Waals surface area (Å²) < 4.78 is 0. The van der Waals surface area contributed by atoms with Crippen LogP contribution in [0.2, 0.25) is 0 Å². The maximum atomic E-state index is 5.34. The normalized spacial score (nSPS) is 13.8. The highest BCUT2D eigenvalue weighted by Crippen LogP contribution is 2.60. The Morgan fingerprint density at radius 2 is 1.02 bits per heavy atom. The summed E-state index contributed by atoms with van der Waals surface area (Å²) in [5.41, 5.74) is 12.5. The van der Waals surface area contributed by atoms with E-state index in [-0.39, 0.29) is 0 Å². The summed E-state index contributed by atoms with van der Waals surface area (Å²) in [5, 5.41) is 2.28. The highest BCUT2D eigenvalue weighted by molar-refractivity contribution is 6.08. The Balaban J connectivity index is 1.39. The third-order valence-corrected chi connectivity index (χ3v) is 10.6. The molecule has 0 N–H and O–H groups in total. The number of aromatic nitrogens is 3. The van der Waals surface area contributed by atoms with Crippen molar-refractivity contribution in [3.05, 3.63) is 203 Å². The first-order chi connectivity index (χ1) is 25.3. The van der Waals surface area contributed by atoms with E-state index in [1.165, 1.54) is 44.5 Å². The van der Waals surface area contributed by atoms with Gasteiger partial charge in [-0.15, -0.1) is 0 Å². The number of rotatable bonds is 5. The summed E-state index contributed by atoms with van der Waals surface area (Å²) in [6.45, 7) is 0. The predicted octanol–water partition coefficient (Wildman–Crippen LogP) is 11.3. The van der Waals surface area contributed by atoms with Crippen molar-refractivity contribution in [2.24, 2.45) is 0 Å². The van der Waals surface area contributed by atoms with Crippen LogP contribution in [0, 0.1) is 0 Å². The van der Waals surface area contributed by atoms with Gasteiger partial charge in [-0.25, -0.2) is 15.0 Å². The lowest BCUT2D eigenvalue weighted by molar-refractivity contribution is 0.766. The van der Waals surface area contributed by atoms with Gasteiger partial charge < -0.3 is 0 Å². The monoisotopic (exact) mass is 651 g/mol. The van der Waals surface area contributed by atoms with Gasteiger partial charge in [-0.3, -0.25) is 0 Å². The minimum atomic E-state index is -0.556. The van der Waals surface area contributed by atoms with E-state index in [9.17, 15) is 0 Å². The summed E-state index contributed by atoms with van der Waals surface area (Å²) in [6.07, 6.45) is 6.68. The van der Waals surface area contributed by atoms with Crippen LogP contribution in [-0.4, -0.2) is 15.0 Å². The van der Waals surface area contributed by atoms with E-state index in [0.717, 1.165) is 40.3 Å². The van der Waals surface area contributed by atoms with E-state index < -0.39 is 5.41 Å². The molecule has 0 aliphatic heterocycles. The van der Waals surface area contributed by atoms with Crippen LogP contribution >= 0.6 is 0 Å². The molecule has 1 aromatic heterocycles. The van der Waals surface area contributed by atoms with Crippen LogP contribution in [0.25, 0.3) is 62.1 Å². The van der Waals surface area contributed by atoms with Gasteiger partial charge in [0.2, 0.25) is 0 Å². The lowest BCUT2D eigenvalue weighted by Gasteiger charge is -2.34. The maximum absolute atomic E-state index is 5.34. The van der Waals surface area contributed by atoms with Gasteiger partial charge in [0.25, 0.3) is 0 Å². The van der Waals surface area contributed by atoms with Crippen LogP contribution in [0.5, 0.6) is 0 Å². The molecule has 8 aromatic rings. The van der Waals surface area contributed by atoms with Crippen molar-refractivity contribution < 1.29 is 0 Å². The van der Waals surface area contributed by atoms with Crippen molar-refractivity contribution in [2.45, 2.75) is 18.3 Å². The van der Waals surface area contributed by atoms with Crippen LogP contribution in [0.1, 0.15) is 39.8 Å². The standard InChI is InChI=1S/C48H33N3/c1-5-17-32(18-6-1)45-49-46(33-19-7-2-8-20-33)51-47(50-45)44-39-28-16-15-23-36(39)31-42-43(44)40-29-34-21-13-14-22-35(34)30-41(40)48(42,37-24-9-3-10-25-37)38-26-11-4-12-27-38/h1-13,15-21,23-31H,14,22H2. The molecule has 0 atom stereocenters. The number of hydrogen-bond donors (Lipinski definition) is 0. The molecule has 3 nitrogen and oxygen atoms in total. The molecular formula is C48H33N3. The summed E-state index contributed by atoms with van der Waals surface area (Å²) in [4.78, 5) is 15.8. The van der Waals surface area contributed by atoms with Crippen molar-refractivity contribution in [1.29, 1.82) is 0 Å². The van der Waals surface area contributed by atoms with Crippen molar-refractivity contribution in [3.63, 3.8) is 0 Å². The van der Waals surface area contributed by atoms with Gasteiger partial charge in [0.05, 0.1) is 5.41 Å². The molecule has 0 spiro atoms. The first kappa shape index (κ1) is 29.5. The fraction of sp³-hybridized carbons (Fsp3) is 0.0625. The smallest absolute Gasteiger partial charge is 0.165 e. The molecule has 0 fully saturated rings. The molecule has 240 valence electrons. The van der Waals surface area contributed by atoms with Crippen LogP contribution in [0.15, 0.2) is 170 Å². The van der Waals surface area contributed by atoms with E-state index in [1.54, 1.807) is 0 Å². The minimum absolute atomic E-state index is 0.556. The average Bonchev–Trinajstić information content (AvgIpc) is 3.49. The van der Waals surface area contributed by atoms with E-state index >= 15 is 0 Å². The van der Waals surface area contributed by atoms with E-state index in [1.807, 2.05) is 36.4 Å². The van der Waals surface area contributed by atoms with Crippen LogP contribution < -0.4 is 0 Å². The van der Waals surface area contributed by atoms with Crippen molar-refractivity contribution in [2.75, 3.05) is 0 Å². The molecule has 0 saturated carbocycles. The Kier molecular flexibility index (Phi) is 6.85. The first-order valence-corrected chi connectivity index (χ1v) is 17.7. The summed E-state index contributed by atoms with van der Waals surface area (Å²) in [5.74, 6) is 1.99. The molecule has 2 aliphatic carbocycles. The molecule has 7 aromatic carbocycles. The van der Waals surface area contributed by atoms with Crippen LogP contribution in [-0.2, 0) is 11.8 Å². The molecule has 2 aliphatic rings. The lowest BCUT2D eigenvalue weighted by atomic mass is 9.67. The number of benzene rings is 7. The van der Waals surface area contributed by atoms with Gasteiger partial charge in [-0.1, -0.05) is 164 Å². The Bertz CT molecular complexity index is 2510. The SMILES string of the molecule is C1=Cc2cc3c(cc2CC1)C(c1ccccc1)(c1ccccc1)c1cc2ccccc2c(-c2nc(-c4ccccc4)nc(-c4ccccc4)n2)c1-3. The van der Waals surface area contributed by atoms with Crippen LogP contribution in [0.3, 0.4) is 0 Å². The fourth-order valence-corrected chi connectivity index (χ4v) is 8.38. The highest BCUT2D eigenvalue weighted by Gasteiger charge is 2.48. The maximum Gasteiger partial charge on any atom is 0.165 e. The number of fused-ring (bicyclic) bond motifs is 5. The predicted molar refractivity (Wildman–Crippen MR) is 208 cm³/mol. The van der Waals surface area contributed by atoms with Gasteiger partial charge >= 0.3 is 0 Å². The quantitative estimate of drug-likeness (QED) is 0.186. The van der Waals surface area contributed by atoms with E-state index in [0.29, 0.717) is 17.5 Å². The molecule has 3 heteroatoms. The van der Waals surface area contributed by atoms with Gasteiger partial charge in [0, 0.05) is 16.7 Å². The fourth-order valence-electron chi connectivity index (χ4n) is 8.38. The summed E-state index contributed by atoms with van der Waals surface area (Å²) in [6, 6.07) is 58.7. The molecule has 0 radical (unpaired) electrons. The lowest BCUT2D eigenvalue weighted by Crippen LogP contribution is -2.28. The van der Waals surface area contributed by atoms with E-state index in [2.05, 4.69) is 140 Å². The highest BCUT2D eigenvalue weighted by atomic mass is 15.0. The Labute approximate surface area is 297 Å². The average molecular weight is 652 g/mol. The largest absolute Gasteiger partial charge is 0.208 e. The zero-order valence-electron chi connectivity index (χ0n) is 28.0. The number of nitrogens with zero attached hydrogens (tertiary/aromatic N) is 3. The molecule has 0 unspecified atom stereocenters. The molecule has 1 heterocycles. The number of allylic oxidation sites excluding steroid dienone is 1. The second-order valence-corrected chi connectivity index (χ2v) is 13.5. The summed E-state index contributed by atoms with van der Waals surface area (Å²) in [7, 11) is 0. The molecule has 0 amide bonds. The summed E-state index contributed by atoms with van der Waals surface area (Å²) >= 11 is 0. The second kappa shape index (κ2) is 11.9. The zero-order valence-corrected chi connectivity index (χ0v) is 28.0. The third kappa shape index (κ3) is 4.62. The molecule has 0 bridgehead atoms.